The zero-order chi connectivity index (χ0) is 23.4. The maximum atomic E-state index is 15.1. The topological polar surface area (TPSA) is 22.1 Å². The Labute approximate surface area is 189 Å². The molecule has 4 rings (SSSR count). The largest absolute Gasteiger partial charge is 0.385 e. The number of benzene rings is 3. The molecular weight excluding hydrogens is 430 g/mol. The normalized spacial score (nSPS) is 11.3. The molecule has 0 saturated heterocycles. The van der Waals surface area contributed by atoms with Crippen molar-refractivity contribution in [2.75, 3.05) is 13.7 Å². The lowest BCUT2D eigenvalue weighted by Crippen LogP contribution is -1.99. The summed E-state index contributed by atoms with van der Waals surface area (Å²) in [7, 11) is 1.68. The second-order valence-electron chi connectivity index (χ2n) is 8.00. The molecule has 0 N–H and O–H groups in total. The molecule has 0 unspecified atom stereocenters. The summed E-state index contributed by atoms with van der Waals surface area (Å²) in [4.78, 5) is 4.54. The van der Waals surface area contributed by atoms with Crippen LogP contribution in [0.3, 0.4) is 0 Å². The number of aryl methyl sites for hydroxylation is 3. The van der Waals surface area contributed by atoms with E-state index in [1.165, 1.54) is 0 Å². The van der Waals surface area contributed by atoms with Gasteiger partial charge in [-0.25, -0.2) is 17.6 Å². The summed E-state index contributed by atoms with van der Waals surface area (Å²) in [5, 5.41) is 1.20. The highest BCUT2D eigenvalue weighted by Gasteiger charge is 2.13. The standard InChI is InChI=1S/C27H23F4NO/c1-33-12-2-3-17-5-11-25(32-16-17)21-9-10-22-20(15-21)8-7-19(26(22)30)6-4-18-13-23(28)27(31)24(29)14-18/h5,7-11,13-16H,2-4,6,12H2,1H3. The first kappa shape index (κ1) is 22.9. The number of nitrogens with zero attached hydrogens (tertiary/aromatic N) is 1. The van der Waals surface area contributed by atoms with Crippen molar-refractivity contribution >= 4 is 10.8 Å². The van der Waals surface area contributed by atoms with E-state index in [4.69, 9.17) is 4.74 Å². The molecule has 0 aliphatic carbocycles. The molecule has 1 heterocycles. The van der Waals surface area contributed by atoms with Crippen molar-refractivity contribution in [3.8, 4) is 11.3 Å². The quantitative estimate of drug-likeness (QED) is 0.166. The average molecular weight is 453 g/mol. The van der Waals surface area contributed by atoms with E-state index in [1.807, 2.05) is 36.5 Å². The van der Waals surface area contributed by atoms with Crippen LogP contribution in [0.25, 0.3) is 22.0 Å². The highest BCUT2D eigenvalue weighted by molar-refractivity contribution is 5.88. The first-order chi connectivity index (χ1) is 16.0. The Balaban J connectivity index is 1.51. The van der Waals surface area contributed by atoms with Gasteiger partial charge in [0.1, 0.15) is 5.82 Å². The molecule has 0 saturated carbocycles. The van der Waals surface area contributed by atoms with Crippen molar-refractivity contribution in [2.45, 2.75) is 25.7 Å². The second kappa shape index (κ2) is 10.1. The van der Waals surface area contributed by atoms with Crippen LogP contribution in [-0.4, -0.2) is 18.7 Å². The summed E-state index contributed by atoms with van der Waals surface area (Å²) < 4.78 is 60.1. The number of halogens is 4. The van der Waals surface area contributed by atoms with Crippen LogP contribution < -0.4 is 0 Å². The third-order valence-electron chi connectivity index (χ3n) is 5.70. The minimum absolute atomic E-state index is 0.190. The highest BCUT2D eigenvalue weighted by Crippen LogP contribution is 2.27. The van der Waals surface area contributed by atoms with Crippen molar-refractivity contribution < 1.29 is 22.3 Å². The van der Waals surface area contributed by atoms with Crippen LogP contribution in [0.5, 0.6) is 0 Å². The van der Waals surface area contributed by atoms with Crippen molar-refractivity contribution in [3.63, 3.8) is 0 Å². The SMILES string of the molecule is COCCCc1ccc(-c2ccc3c(F)c(CCc4cc(F)c(F)c(F)c4)ccc3c2)nc1. The van der Waals surface area contributed by atoms with E-state index in [0.717, 1.165) is 47.2 Å². The fraction of sp³-hybridized carbons (Fsp3) is 0.222. The van der Waals surface area contributed by atoms with Crippen molar-refractivity contribution in [3.05, 3.63) is 101 Å². The monoisotopic (exact) mass is 453 g/mol. The van der Waals surface area contributed by atoms with Crippen LogP contribution in [0.15, 0.2) is 60.8 Å². The molecule has 170 valence electrons. The molecule has 1 aromatic heterocycles. The first-order valence-electron chi connectivity index (χ1n) is 10.7. The van der Waals surface area contributed by atoms with Crippen LogP contribution in [-0.2, 0) is 24.0 Å². The Morgan fingerprint density at radius 1 is 0.758 bits per heavy atom. The van der Waals surface area contributed by atoms with Gasteiger partial charge in [-0.3, -0.25) is 4.98 Å². The highest BCUT2D eigenvalue weighted by atomic mass is 19.2. The predicted molar refractivity (Wildman–Crippen MR) is 121 cm³/mol. The molecule has 0 amide bonds. The van der Waals surface area contributed by atoms with Gasteiger partial charge in [0.2, 0.25) is 0 Å². The van der Waals surface area contributed by atoms with E-state index in [1.54, 1.807) is 19.2 Å². The number of ether oxygens (including phenoxy) is 1. The third-order valence-corrected chi connectivity index (χ3v) is 5.70. The number of methoxy groups -OCH3 is 1. The predicted octanol–water partition coefficient (Wildman–Crippen LogP) is 6.82. The molecule has 0 aliphatic rings. The van der Waals surface area contributed by atoms with Gasteiger partial charge >= 0.3 is 0 Å². The summed E-state index contributed by atoms with van der Waals surface area (Å²) in [5.41, 5.74) is 3.53. The molecule has 2 nitrogen and oxygen atoms in total. The Morgan fingerprint density at radius 3 is 2.24 bits per heavy atom. The minimum atomic E-state index is -1.50. The van der Waals surface area contributed by atoms with Gasteiger partial charge in [0.15, 0.2) is 17.5 Å². The summed E-state index contributed by atoms with van der Waals surface area (Å²) in [6, 6.07) is 14.8. The molecule has 0 fully saturated rings. The molecule has 0 aliphatic heterocycles. The lowest BCUT2D eigenvalue weighted by molar-refractivity contribution is 0.195. The maximum Gasteiger partial charge on any atom is 0.194 e. The fourth-order valence-corrected chi connectivity index (χ4v) is 3.88. The zero-order valence-corrected chi connectivity index (χ0v) is 18.2. The van der Waals surface area contributed by atoms with Gasteiger partial charge in [-0.05, 0) is 72.0 Å². The minimum Gasteiger partial charge on any atom is -0.385 e. The maximum absolute atomic E-state index is 15.1. The number of hydrogen-bond acceptors (Lipinski definition) is 2. The number of aromatic nitrogens is 1. The van der Waals surface area contributed by atoms with Crippen molar-refractivity contribution in [2.24, 2.45) is 0 Å². The van der Waals surface area contributed by atoms with Crippen LogP contribution in [0.1, 0.15) is 23.1 Å². The first-order valence-corrected chi connectivity index (χ1v) is 10.7. The van der Waals surface area contributed by atoms with Crippen LogP contribution in [0.2, 0.25) is 0 Å². The third kappa shape index (κ3) is 5.22. The second-order valence-corrected chi connectivity index (χ2v) is 8.00. The van der Waals surface area contributed by atoms with Gasteiger partial charge in [-0.1, -0.05) is 30.3 Å². The zero-order valence-electron chi connectivity index (χ0n) is 18.2. The number of pyridine rings is 1. The molecule has 6 heteroatoms. The van der Waals surface area contributed by atoms with Gasteiger partial charge in [0.05, 0.1) is 5.69 Å². The molecule has 0 radical (unpaired) electrons. The summed E-state index contributed by atoms with van der Waals surface area (Å²) in [6.07, 6.45) is 4.10. The van der Waals surface area contributed by atoms with E-state index in [9.17, 15) is 13.2 Å². The summed E-state index contributed by atoms with van der Waals surface area (Å²) in [5.74, 6) is -4.36. The molecule has 0 spiro atoms. The Kier molecular flexibility index (Phi) is 7.04. The van der Waals surface area contributed by atoms with E-state index in [2.05, 4.69) is 4.98 Å². The summed E-state index contributed by atoms with van der Waals surface area (Å²) in [6.45, 7) is 0.706. The van der Waals surface area contributed by atoms with Gasteiger partial charge in [-0.2, -0.15) is 0 Å². The Bertz CT molecular complexity index is 1250. The average Bonchev–Trinajstić information content (AvgIpc) is 2.82. The van der Waals surface area contributed by atoms with Crippen molar-refractivity contribution in [1.29, 1.82) is 0 Å². The Morgan fingerprint density at radius 2 is 1.55 bits per heavy atom. The summed E-state index contributed by atoms with van der Waals surface area (Å²) >= 11 is 0. The molecule has 4 aromatic rings. The van der Waals surface area contributed by atoms with Crippen LogP contribution in [0.4, 0.5) is 17.6 Å². The van der Waals surface area contributed by atoms with Gasteiger partial charge < -0.3 is 4.74 Å². The molecule has 33 heavy (non-hydrogen) atoms. The lowest BCUT2D eigenvalue weighted by Gasteiger charge is -2.10. The van der Waals surface area contributed by atoms with Crippen LogP contribution >= 0.6 is 0 Å². The van der Waals surface area contributed by atoms with E-state index in [0.29, 0.717) is 17.6 Å². The number of rotatable bonds is 8. The molecule has 3 aromatic carbocycles. The molecular formula is C27H23F4NO. The Hall–Kier alpha value is -3.25. The van der Waals surface area contributed by atoms with Crippen molar-refractivity contribution in [1.82, 2.24) is 4.98 Å². The van der Waals surface area contributed by atoms with E-state index < -0.39 is 17.5 Å². The number of fused-ring (bicyclic) bond motifs is 1. The molecule has 0 bridgehead atoms. The molecule has 0 atom stereocenters. The van der Waals surface area contributed by atoms with Gasteiger partial charge in [0, 0.05) is 30.9 Å². The van der Waals surface area contributed by atoms with E-state index in [-0.39, 0.29) is 24.2 Å². The fourth-order valence-electron chi connectivity index (χ4n) is 3.88. The van der Waals surface area contributed by atoms with Gasteiger partial charge in [-0.15, -0.1) is 0 Å². The van der Waals surface area contributed by atoms with Gasteiger partial charge in [0.25, 0.3) is 0 Å². The lowest BCUT2D eigenvalue weighted by atomic mass is 9.98. The smallest absolute Gasteiger partial charge is 0.194 e. The van der Waals surface area contributed by atoms with E-state index >= 15 is 4.39 Å². The van der Waals surface area contributed by atoms with Crippen LogP contribution in [0, 0.1) is 23.3 Å². The number of hydrogen-bond donors (Lipinski definition) is 0.